The molecule has 0 aliphatic rings. The van der Waals surface area contributed by atoms with Gasteiger partial charge in [-0.05, 0) is 25.1 Å². The lowest BCUT2D eigenvalue weighted by atomic mass is 10.0. The molecular formula is C12H10BrNO2. The largest absolute Gasteiger partial charge is 0.506 e. The summed E-state index contributed by atoms with van der Waals surface area (Å²) in [5.74, 6) is 0.109. The van der Waals surface area contributed by atoms with E-state index in [1.54, 1.807) is 6.92 Å². The molecule has 0 spiro atoms. The number of carbonyl (C=O) groups excluding carboxylic acids is 1. The van der Waals surface area contributed by atoms with E-state index in [2.05, 4.69) is 20.9 Å². The van der Waals surface area contributed by atoms with E-state index >= 15 is 0 Å². The van der Waals surface area contributed by atoms with Crippen LogP contribution in [-0.2, 0) is 11.2 Å². The molecule has 16 heavy (non-hydrogen) atoms. The Morgan fingerprint density at radius 2 is 2.25 bits per heavy atom. The number of aldehydes is 1. The zero-order valence-corrected chi connectivity index (χ0v) is 10.3. The highest BCUT2D eigenvalue weighted by Crippen LogP contribution is 2.30. The van der Waals surface area contributed by atoms with Gasteiger partial charge in [-0.3, -0.25) is 0 Å². The Kier molecular flexibility index (Phi) is 2.92. The first-order chi connectivity index (χ1) is 7.63. The molecule has 0 aliphatic heterocycles. The number of nitrogens with zero attached hydrogens (tertiary/aromatic N) is 1. The van der Waals surface area contributed by atoms with Gasteiger partial charge in [-0.25, -0.2) is 4.98 Å². The second kappa shape index (κ2) is 4.22. The highest BCUT2D eigenvalue weighted by Gasteiger charge is 2.11. The third-order valence-corrected chi connectivity index (χ3v) is 2.98. The minimum atomic E-state index is 0.109. The lowest BCUT2D eigenvalue weighted by Gasteiger charge is -2.09. The van der Waals surface area contributed by atoms with E-state index in [1.807, 2.05) is 18.2 Å². The van der Waals surface area contributed by atoms with Crippen molar-refractivity contribution >= 4 is 33.1 Å². The number of hydrogen-bond acceptors (Lipinski definition) is 3. The molecule has 0 fully saturated rings. The molecule has 0 atom stereocenters. The van der Waals surface area contributed by atoms with E-state index in [4.69, 9.17) is 0 Å². The van der Waals surface area contributed by atoms with Crippen molar-refractivity contribution in [1.82, 2.24) is 4.98 Å². The van der Waals surface area contributed by atoms with Crippen molar-refractivity contribution in [2.45, 2.75) is 13.3 Å². The maximum atomic E-state index is 10.6. The number of carbonyl (C=O) groups is 1. The van der Waals surface area contributed by atoms with Gasteiger partial charge in [0.05, 0.1) is 11.2 Å². The number of halogens is 1. The Morgan fingerprint density at radius 3 is 2.94 bits per heavy atom. The van der Waals surface area contributed by atoms with E-state index in [-0.39, 0.29) is 12.2 Å². The van der Waals surface area contributed by atoms with Crippen molar-refractivity contribution in [2.75, 3.05) is 0 Å². The average Bonchev–Trinajstić information content (AvgIpc) is 2.26. The molecule has 1 aromatic carbocycles. The van der Waals surface area contributed by atoms with Crippen molar-refractivity contribution < 1.29 is 9.90 Å². The predicted octanol–water partition coefficient (Wildman–Crippen LogP) is 2.75. The van der Waals surface area contributed by atoms with Gasteiger partial charge in [0.1, 0.15) is 12.0 Å². The van der Waals surface area contributed by atoms with Gasteiger partial charge in [0, 0.05) is 21.8 Å². The van der Waals surface area contributed by atoms with E-state index in [9.17, 15) is 9.90 Å². The van der Waals surface area contributed by atoms with Gasteiger partial charge in [-0.2, -0.15) is 0 Å². The van der Waals surface area contributed by atoms with Crippen LogP contribution >= 0.6 is 15.9 Å². The summed E-state index contributed by atoms with van der Waals surface area (Å²) >= 11 is 3.36. The van der Waals surface area contributed by atoms with Gasteiger partial charge in [-0.1, -0.05) is 15.9 Å². The minimum Gasteiger partial charge on any atom is -0.506 e. The molecule has 1 aromatic heterocycles. The first kappa shape index (κ1) is 11.1. The lowest BCUT2D eigenvalue weighted by Crippen LogP contribution is -1.95. The Balaban J connectivity index is 2.84. The van der Waals surface area contributed by atoms with Gasteiger partial charge in [-0.15, -0.1) is 0 Å². The Hall–Kier alpha value is -1.42. The van der Waals surface area contributed by atoms with E-state index in [0.29, 0.717) is 11.3 Å². The minimum absolute atomic E-state index is 0.109. The topological polar surface area (TPSA) is 50.2 Å². The number of rotatable bonds is 2. The number of fused-ring (bicyclic) bond motifs is 1. The Morgan fingerprint density at radius 1 is 1.50 bits per heavy atom. The molecule has 0 radical (unpaired) electrons. The van der Waals surface area contributed by atoms with Crippen molar-refractivity contribution in [2.24, 2.45) is 0 Å². The first-order valence-electron chi connectivity index (χ1n) is 4.85. The van der Waals surface area contributed by atoms with Crippen molar-refractivity contribution in [3.8, 4) is 5.75 Å². The fourth-order valence-electron chi connectivity index (χ4n) is 1.72. The summed E-state index contributed by atoms with van der Waals surface area (Å²) in [4.78, 5) is 14.9. The molecule has 0 unspecified atom stereocenters. The van der Waals surface area contributed by atoms with Gasteiger partial charge in [0.2, 0.25) is 0 Å². The summed E-state index contributed by atoms with van der Waals surface area (Å²) in [6.07, 6.45) is 0.983. The molecule has 4 heteroatoms. The van der Waals surface area contributed by atoms with Crippen LogP contribution in [0.5, 0.6) is 5.75 Å². The zero-order chi connectivity index (χ0) is 11.7. The molecule has 0 saturated heterocycles. The summed E-state index contributed by atoms with van der Waals surface area (Å²) < 4.78 is 0.900. The molecule has 1 heterocycles. The fourth-order valence-corrected chi connectivity index (χ4v) is 2.08. The average molecular weight is 280 g/mol. The molecule has 1 N–H and O–H groups in total. The van der Waals surface area contributed by atoms with Crippen LogP contribution < -0.4 is 0 Å². The Labute approximate surface area is 101 Å². The molecule has 2 aromatic rings. The monoisotopic (exact) mass is 279 g/mol. The summed E-state index contributed by atoms with van der Waals surface area (Å²) in [5, 5.41) is 10.7. The number of aryl methyl sites for hydroxylation is 1. The third-order valence-electron chi connectivity index (χ3n) is 2.49. The molecule has 3 nitrogen and oxygen atoms in total. The van der Waals surface area contributed by atoms with Gasteiger partial charge < -0.3 is 9.90 Å². The molecule has 0 aliphatic carbocycles. The van der Waals surface area contributed by atoms with Crippen LogP contribution in [0, 0.1) is 6.92 Å². The zero-order valence-electron chi connectivity index (χ0n) is 8.70. The number of hydrogen-bond donors (Lipinski definition) is 1. The molecule has 0 saturated carbocycles. The summed E-state index contributed by atoms with van der Waals surface area (Å²) in [6, 6.07) is 5.61. The van der Waals surface area contributed by atoms with Crippen LogP contribution in [0.4, 0.5) is 0 Å². The smallest absolute Gasteiger partial charge is 0.141 e. The summed E-state index contributed by atoms with van der Waals surface area (Å²) in [5.41, 5.74) is 1.97. The normalized spacial score (nSPS) is 10.6. The van der Waals surface area contributed by atoms with Crippen LogP contribution in [0.1, 0.15) is 11.3 Å². The SMILES string of the molecule is Cc1nc2ccc(Br)cc2c(CC=O)c1O. The first-order valence-corrected chi connectivity index (χ1v) is 5.64. The van der Waals surface area contributed by atoms with Crippen LogP contribution in [-0.4, -0.2) is 16.4 Å². The highest BCUT2D eigenvalue weighted by atomic mass is 79.9. The summed E-state index contributed by atoms with van der Waals surface area (Å²) in [7, 11) is 0. The van der Waals surface area contributed by atoms with Crippen LogP contribution in [0.3, 0.4) is 0 Å². The second-order valence-corrected chi connectivity index (χ2v) is 4.47. The van der Waals surface area contributed by atoms with Crippen molar-refractivity contribution in [3.05, 3.63) is 33.9 Å². The van der Waals surface area contributed by atoms with Crippen LogP contribution in [0.25, 0.3) is 10.9 Å². The van der Waals surface area contributed by atoms with Crippen LogP contribution in [0.2, 0.25) is 0 Å². The van der Waals surface area contributed by atoms with Crippen molar-refractivity contribution in [1.29, 1.82) is 0 Å². The number of pyridine rings is 1. The summed E-state index contributed by atoms with van der Waals surface area (Å²) in [6.45, 7) is 1.73. The van der Waals surface area contributed by atoms with Crippen molar-refractivity contribution in [3.63, 3.8) is 0 Å². The van der Waals surface area contributed by atoms with Gasteiger partial charge in [0.25, 0.3) is 0 Å². The number of benzene rings is 1. The highest BCUT2D eigenvalue weighted by molar-refractivity contribution is 9.10. The molecule has 0 amide bonds. The molecule has 82 valence electrons. The molecular weight excluding hydrogens is 270 g/mol. The second-order valence-electron chi connectivity index (χ2n) is 3.56. The number of aromatic nitrogens is 1. The third kappa shape index (κ3) is 1.80. The molecule has 0 bridgehead atoms. The lowest BCUT2D eigenvalue weighted by molar-refractivity contribution is -0.107. The van der Waals surface area contributed by atoms with Gasteiger partial charge >= 0.3 is 0 Å². The van der Waals surface area contributed by atoms with Crippen LogP contribution in [0.15, 0.2) is 22.7 Å². The predicted molar refractivity (Wildman–Crippen MR) is 65.6 cm³/mol. The fraction of sp³-hybridized carbons (Fsp3) is 0.167. The quantitative estimate of drug-likeness (QED) is 0.860. The Bertz CT molecular complexity index is 566. The van der Waals surface area contributed by atoms with E-state index in [0.717, 1.165) is 21.7 Å². The number of aromatic hydroxyl groups is 1. The maximum absolute atomic E-state index is 10.6. The van der Waals surface area contributed by atoms with E-state index < -0.39 is 0 Å². The standard InChI is InChI=1S/C12H10BrNO2/c1-7-12(16)9(4-5-15)10-6-8(13)2-3-11(10)14-7/h2-3,5-6,16H,4H2,1H3. The van der Waals surface area contributed by atoms with E-state index in [1.165, 1.54) is 0 Å². The van der Waals surface area contributed by atoms with Gasteiger partial charge in [0.15, 0.2) is 0 Å². The molecule has 2 rings (SSSR count). The maximum Gasteiger partial charge on any atom is 0.141 e.